The normalized spacial score (nSPS) is 9.44. The Labute approximate surface area is 58.6 Å². The van der Waals surface area contributed by atoms with Gasteiger partial charge in [-0.1, -0.05) is 5.16 Å². The van der Waals surface area contributed by atoms with Crippen molar-refractivity contribution in [2.45, 2.75) is 0 Å². The van der Waals surface area contributed by atoms with Gasteiger partial charge in [-0.05, 0) is 15.9 Å². The summed E-state index contributed by atoms with van der Waals surface area (Å²) in [6.07, 6.45) is 1.13. The molecule has 0 atom stereocenters. The molecular weight excluding hydrogens is 190 g/mol. The minimum atomic E-state index is -1.05. The van der Waals surface area contributed by atoms with Gasteiger partial charge in [0.05, 0.1) is 6.20 Å². The number of aromatic carboxylic acids is 1. The van der Waals surface area contributed by atoms with E-state index in [4.69, 9.17) is 5.11 Å². The average molecular weight is 192 g/mol. The molecule has 1 aromatic rings. The first-order valence-electron chi connectivity index (χ1n) is 2.05. The Balaban J connectivity index is 3.08. The second-order valence-electron chi connectivity index (χ2n) is 1.32. The van der Waals surface area contributed by atoms with E-state index in [2.05, 4.69) is 25.6 Å². The van der Waals surface area contributed by atoms with Crippen molar-refractivity contribution in [1.29, 1.82) is 0 Å². The van der Waals surface area contributed by atoms with Crippen molar-refractivity contribution < 1.29 is 14.4 Å². The number of nitrogens with zero attached hydrogens (tertiary/aromatic N) is 1. The first-order valence-corrected chi connectivity index (χ1v) is 2.84. The zero-order valence-electron chi connectivity index (χ0n) is 4.17. The number of halogens is 1. The summed E-state index contributed by atoms with van der Waals surface area (Å²) in [6, 6.07) is 0. The van der Waals surface area contributed by atoms with Crippen LogP contribution in [0, 0.1) is 0 Å². The van der Waals surface area contributed by atoms with Crippen LogP contribution < -0.4 is 0 Å². The number of hydrogen-bond donors (Lipinski definition) is 1. The molecule has 0 bridgehead atoms. The first kappa shape index (κ1) is 6.28. The number of carbonyl (C=O) groups is 1. The number of carboxylic acids is 1. The highest BCUT2D eigenvalue weighted by Crippen LogP contribution is 2.14. The van der Waals surface area contributed by atoms with E-state index in [-0.39, 0.29) is 10.2 Å². The van der Waals surface area contributed by atoms with E-state index in [1.54, 1.807) is 0 Å². The van der Waals surface area contributed by atoms with Gasteiger partial charge in [-0.15, -0.1) is 0 Å². The molecule has 0 aliphatic heterocycles. The van der Waals surface area contributed by atoms with Crippen LogP contribution in [0.4, 0.5) is 0 Å². The maximum Gasteiger partial charge on any atom is 0.341 e. The van der Waals surface area contributed by atoms with Gasteiger partial charge in [-0.25, -0.2) is 4.79 Å². The molecule has 0 aromatic carbocycles. The van der Waals surface area contributed by atoms with Crippen LogP contribution in [0.5, 0.6) is 0 Å². The molecule has 1 aromatic heterocycles. The summed E-state index contributed by atoms with van der Waals surface area (Å²) < 4.78 is 4.56. The molecule has 0 aliphatic rings. The lowest BCUT2D eigenvalue weighted by Gasteiger charge is -1.81. The van der Waals surface area contributed by atoms with Gasteiger partial charge in [0.15, 0.2) is 0 Å². The predicted octanol–water partition coefficient (Wildman–Crippen LogP) is 1.14. The quantitative estimate of drug-likeness (QED) is 0.724. The Bertz CT molecular complexity index is 231. The molecule has 5 heteroatoms. The minimum absolute atomic E-state index is 0.0370. The Morgan fingerprint density at radius 1 is 1.89 bits per heavy atom. The zero-order valence-corrected chi connectivity index (χ0v) is 5.75. The fourth-order valence-corrected chi connectivity index (χ4v) is 0.720. The summed E-state index contributed by atoms with van der Waals surface area (Å²) in [7, 11) is 0. The maximum absolute atomic E-state index is 10.2. The number of carboxylic acid groups (broad SMARTS) is 1. The van der Waals surface area contributed by atoms with E-state index < -0.39 is 5.97 Å². The van der Waals surface area contributed by atoms with Crippen molar-refractivity contribution >= 4 is 21.9 Å². The topological polar surface area (TPSA) is 63.3 Å². The van der Waals surface area contributed by atoms with Gasteiger partial charge in [0, 0.05) is 0 Å². The molecule has 9 heavy (non-hydrogen) atoms. The lowest BCUT2D eigenvalue weighted by atomic mass is 10.4. The maximum atomic E-state index is 10.2. The molecule has 0 saturated heterocycles. The van der Waals surface area contributed by atoms with E-state index >= 15 is 0 Å². The fourth-order valence-electron chi connectivity index (χ4n) is 0.365. The Kier molecular flexibility index (Phi) is 1.52. The second-order valence-corrected chi connectivity index (χ2v) is 2.04. The lowest BCUT2D eigenvalue weighted by Crippen LogP contribution is -1.93. The van der Waals surface area contributed by atoms with Crippen molar-refractivity contribution in [2.75, 3.05) is 0 Å². The van der Waals surface area contributed by atoms with Crippen LogP contribution in [0.15, 0.2) is 15.4 Å². The molecule has 0 amide bonds. The van der Waals surface area contributed by atoms with E-state index in [1.165, 1.54) is 0 Å². The van der Waals surface area contributed by atoms with Gasteiger partial charge in [-0.2, -0.15) is 0 Å². The minimum Gasteiger partial charge on any atom is -0.477 e. The molecule has 1 N–H and O–H groups in total. The fraction of sp³-hybridized carbons (Fsp3) is 0. The van der Waals surface area contributed by atoms with Gasteiger partial charge in [0.25, 0.3) is 0 Å². The molecule has 0 fully saturated rings. The number of rotatable bonds is 1. The zero-order chi connectivity index (χ0) is 6.85. The van der Waals surface area contributed by atoms with Crippen LogP contribution >= 0.6 is 15.9 Å². The summed E-state index contributed by atoms with van der Waals surface area (Å²) in [5.74, 6) is -1.05. The van der Waals surface area contributed by atoms with Crippen molar-refractivity contribution in [3.8, 4) is 0 Å². The Hall–Kier alpha value is -0.840. The van der Waals surface area contributed by atoms with Gasteiger partial charge in [0.1, 0.15) is 5.56 Å². The Morgan fingerprint density at radius 3 is 2.78 bits per heavy atom. The van der Waals surface area contributed by atoms with E-state index in [1.807, 2.05) is 0 Å². The summed E-state index contributed by atoms with van der Waals surface area (Å²) >= 11 is 2.86. The van der Waals surface area contributed by atoms with Crippen LogP contribution in [-0.2, 0) is 0 Å². The van der Waals surface area contributed by atoms with Crippen LogP contribution in [-0.4, -0.2) is 16.2 Å². The Morgan fingerprint density at radius 2 is 2.56 bits per heavy atom. The largest absolute Gasteiger partial charge is 0.477 e. The third-order valence-electron chi connectivity index (χ3n) is 0.757. The van der Waals surface area contributed by atoms with Crippen molar-refractivity contribution in [3.63, 3.8) is 0 Å². The molecule has 0 unspecified atom stereocenters. The third kappa shape index (κ3) is 1.10. The lowest BCUT2D eigenvalue weighted by molar-refractivity contribution is 0.0695. The van der Waals surface area contributed by atoms with Crippen LogP contribution in [0.3, 0.4) is 0 Å². The van der Waals surface area contributed by atoms with Crippen LogP contribution in [0.2, 0.25) is 0 Å². The molecule has 0 spiro atoms. The molecule has 0 radical (unpaired) electrons. The van der Waals surface area contributed by atoms with Gasteiger partial charge < -0.3 is 9.63 Å². The van der Waals surface area contributed by atoms with Crippen LogP contribution in [0.25, 0.3) is 0 Å². The molecule has 1 heterocycles. The predicted molar refractivity (Wildman–Crippen MR) is 31.2 cm³/mol. The summed E-state index contributed by atoms with van der Waals surface area (Å²) in [5, 5.41) is 11.6. The highest BCUT2D eigenvalue weighted by Gasteiger charge is 2.10. The van der Waals surface area contributed by atoms with Gasteiger partial charge in [0.2, 0.25) is 4.67 Å². The molecule has 4 nitrogen and oxygen atoms in total. The third-order valence-corrected chi connectivity index (χ3v) is 1.33. The summed E-state index contributed by atoms with van der Waals surface area (Å²) in [5.41, 5.74) is 0.0370. The molecule has 0 aliphatic carbocycles. The highest BCUT2D eigenvalue weighted by atomic mass is 79.9. The van der Waals surface area contributed by atoms with E-state index in [9.17, 15) is 4.79 Å². The monoisotopic (exact) mass is 191 g/mol. The van der Waals surface area contributed by atoms with Crippen LogP contribution in [0.1, 0.15) is 10.4 Å². The second kappa shape index (κ2) is 2.18. The smallest absolute Gasteiger partial charge is 0.341 e. The number of hydrogen-bond acceptors (Lipinski definition) is 3. The molecular formula is C4H2BrNO3. The number of aromatic nitrogens is 1. The van der Waals surface area contributed by atoms with E-state index in [0.29, 0.717) is 0 Å². The molecule has 48 valence electrons. The SMILES string of the molecule is O=C(O)c1cnoc1Br. The van der Waals surface area contributed by atoms with Gasteiger partial charge in [-0.3, -0.25) is 0 Å². The summed E-state index contributed by atoms with van der Waals surface area (Å²) in [4.78, 5) is 10.2. The standard InChI is InChI=1S/C4H2BrNO3/c5-3-2(4(7)8)1-6-9-3/h1H,(H,7,8). The van der Waals surface area contributed by atoms with E-state index in [0.717, 1.165) is 6.20 Å². The molecule has 1 rings (SSSR count). The van der Waals surface area contributed by atoms with Crippen molar-refractivity contribution in [3.05, 3.63) is 16.4 Å². The summed E-state index contributed by atoms with van der Waals surface area (Å²) in [6.45, 7) is 0. The highest BCUT2D eigenvalue weighted by molar-refractivity contribution is 9.10. The first-order chi connectivity index (χ1) is 4.22. The van der Waals surface area contributed by atoms with Crippen molar-refractivity contribution in [1.82, 2.24) is 5.16 Å². The van der Waals surface area contributed by atoms with Gasteiger partial charge >= 0.3 is 5.97 Å². The average Bonchev–Trinajstić information content (AvgIpc) is 2.13. The molecule has 0 saturated carbocycles. The van der Waals surface area contributed by atoms with Crippen molar-refractivity contribution in [2.24, 2.45) is 0 Å².